The van der Waals surface area contributed by atoms with Crippen molar-refractivity contribution in [3.63, 3.8) is 0 Å². The van der Waals surface area contributed by atoms with Crippen LogP contribution < -0.4 is 22.1 Å². The Morgan fingerprint density at radius 3 is 2.17 bits per heavy atom. The SMILES string of the molecule is C#CC(C=CCNC(=O)CC(C)N)(NC(=O)CC(C)N)C(=O)O. The standard InChI is InChI=1S/C15H24N4O4/c1-4-15(14(22)23,19-13(21)9-11(3)17)6-5-7-18-12(20)8-10(2)16/h1,5-6,10-11H,7-9,16-17H2,2-3H3,(H,18,20)(H,19,21)(H,22,23). The first-order valence-electron chi connectivity index (χ1n) is 7.10. The fraction of sp³-hybridized carbons (Fsp3) is 0.533. The monoisotopic (exact) mass is 324 g/mol. The zero-order valence-electron chi connectivity index (χ0n) is 13.3. The molecule has 0 aliphatic carbocycles. The van der Waals surface area contributed by atoms with Crippen LogP contribution >= 0.6 is 0 Å². The van der Waals surface area contributed by atoms with Gasteiger partial charge in [0.2, 0.25) is 17.4 Å². The van der Waals surface area contributed by atoms with Gasteiger partial charge in [0, 0.05) is 31.5 Å². The van der Waals surface area contributed by atoms with E-state index in [1.54, 1.807) is 13.8 Å². The van der Waals surface area contributed by atoms with Crippen LogP contribution in [0.4, 0.5) is 0 Å². The summed E-state index contributed by atoms with van der Waals surface area (Å²) in [5, 5.41) is 14.1. The van der Waals surface area contributed by atoms with E-state index in [0.717, 1.165) is 6.08 Å². The van der Waals surface area contributed by atoms with Crippen molar-refractivity contribution in [3.05, 3.63) is 12.2 Å². The van der Waals surface area contributed by atoms with E-state index in [2.05, 4.69) is 10.6 Å². The number of carboxylic acids is 1. The molecule has 3 atom stereocenters. The minimum Gasteiger partial charge on any atom is -0.479 e. The lowest BCUT2D eigenvalue weighted by atomic mass is 9.99. The van der Waals surface area contributed by atoms with Gasteiger partial charge in [-0.1, -0.05) is 12.0 Å². The zero-order valence-corrected chi connectivity index (χ0v) is 13.3. The Labute approximate surface area is 135 Å². The normalized spacial score (nSPS) is 16.0. The van der Waals surface area contributed by atoms with Crippen molar-refractivity contribution < 1.29 is 19.5 Å². The third-order valence-electron chi connectivity index (χ3n) is 2.70. The van der Waals surface area contributed by atoms with E-state index in [1.165, 1.54) is 6.08 Å². The van der Waals surface area contributed by atoms with Crippen molar-refractivity contribution in [1.82, 2.24) is 10.6 Å². The number of terminal acetylenes is 1. The van der Waals surface area contributed by atoms with Gasteiger partial charge in [-0.15, -0.1) is 6.42 Å². The number of carboxylic acid groups (broad SMARTS) is 1. The van der Waals surface area contributed by atoms with Crippen LogP contribution in [-0.4, -0.2) is 47.1 Å². The van der Waals surface area contributed by atoms with E-state index >= 15 is 0 Å². The topological polar surface area (TPSA) is 148 Å². The van der Waals surface area contributed by atoms with Crippen molar-refractivity contribution in [3.8, 4) is 12.3 Å². The highest BCUT2D eigenvalue weighted by Gasteiger charge is 2.35. The van der Waals surface area contributed by atoms with Gasteiger partial charge in [-0.05, 0) is 19.9 Å². The van der Waals surface area contributed by atoms with E-state index < -0.39 is 23.5 Å². The molecule has 0 radical (unpaired) electrons. The summed E-state index contributed by atoms with van der Waals surface area (Å²) in [6.07, 6.45) is 7.85. The van der Waals surface area contributed by atoms with Crippen molar-refractivity contribution in [2.45, 2.75) is 44.3 Å². The number of carbonyl (C=O) groups excluding carboxylic acids is 2. The summed E-state index contributed by atoms with van der Waals surface area (Å²) in [5.74, 6) is -0.207. The molecule has 0 aliphatic heterocycles. The Morgan fingerprint density at radius 1 is 1.22 bits per heavy atom. The number of rotatable bonds is 9. The van der Waals surface area contributed by atoms with Crippen LogP contribution in [0, 0.1) is 12.3 Å². The van der Waals surface area contributed by atoms with Gasteiger partial charge in [0.15, 0.2) is 0 Å². The largest absolute Gasteiger partial charge is 0.479 e. The fourth-order valence-electron chi connectivity index (χ4n) is 1.65. The predicted octanol–water partition coefficient (Wildman–Crippen LogP) is -1.29. The second-order valence-electron chi connectivity index (χ2n) is 5.37. The molecule has 8 heteroatoms. The summed E-state index contributed by atoms with van der Waals surface area (Å²) < 4.78 is 0. The number of amides is 2. The molecule has 3 unspecified atom stereocenters. The second kappa shape index (κ2) is 9.61. The maximum Gasteiger partial charge on any atom is 0.346 e. The molecule has 0 aromatic rings. The molecule has 0 heterocycles. The van der Waals surface area contributed by atoms with Gasteiger partial charge in [-0.25, -0.2) is 4.79 Å². The quantitative estimate of drug-likeness (QED) is 0.263. The number of hydrogen-bond acceptors (Lipinski definition) is 5. The molecule has 0 saturated heterocycles. The highest BCUT2D eigenvalue weighted by atomic mass is 16.4. The summed E-state index contributed by atoms with van der Waals surface area (Å²) in [6.45, 7) is 3.37. The van der Waals surface area contributed by atoms with Crippen LogP contribution in [0.5, 0.6) is 0 Å². The van der Waals surface area contributed by atoms with Crippen LogP contribution in [0.15, 0.2) is 12.2 Å². The summed E-state index contributed by atoms with van der Waals surface area (Å²) >= 11 is 0. The number of hydrogen-bond donors (Lipinski definition) is 5. The first-order chi connectivity index (χ1) is 10.6. The highest BCUT2D eigenvalue weighted by molar-refractivity contribution is 5.92. The number of aliphatic carboxylic acids is 1. The summed E-state index contributed by atoms with van der Waals surface area (Å²) in [4.78, 5) is 34.5. The molecule has 7 N–H and O–H groups in total. The van der Waals surface area contributed by atoms with Gasteiger partial charge in [-0.2, -0.15) is 0 Å². The molecule has 0 fully saturated rings. The van der Waals surface area contributed by atoms with E-state index in [0.29, 0.717) is 0 Å². The molecular weight excluding hydrogens is 300 g/mol. The fourth-order valence-corrected chi connectivity index (χ4v) is 1.65. The minimum atomic E-state index is -1.99. The molecule has 0 rings (SSSR count). The van der Waals surface area contributed by atoms with Gasteiger partial charge in [0.05, 0.1) is 0 Å². The Bertz CT molecular complexity index is 508. The maximum atomic E-state index is 11.7. The van der Waals surface area contributed by atoms with Gasteiger partial charge in [0.25, 0.3) is 0 Å². The molecule has 0 saturated carbocycles. The highest BCUT2D eigenvalue weighted by Crippen LogP contribution is 2.07. The molecule has 8 nitrogen and oxygen atoms in total. The Kier molecular flexibility index (Phi) is 8.62. The lowest BCUT2D eigenvalue weighted by Crippen LogP contribution is -2.53. The summed E-state index contributed by atoms with van der Waals surface area (Å²) in [5.41, 5.74) is 8.98. The van der Waals surface area contributed by atoms with Crippen LogP contribution in [0.25, 0.3) is 0 Å². The summed E-state index contributed by atoms with van der Waals surface area (Å²) in [6, 6.07) is -0.707. The van der Waals surface area contributed by atoms with Crippen molar-refractivity contribution in [1.29, 1.82) is 0 Å². The Hall–Kier alpha value is -2.37. The maximum absolute atomic E-state index is 11.7. The molecule has 23 heavy (non-hydrogen) atoms. The number of nitrogens with two attached hydrogens (primary N) is 2. The molecule has 0 aromatic heterocycles. The molecule has 0 aromatic carbocycles. The van der Waals surface area contributed by atoms with Gasteiger partial charge < -0.3 is 27.2 Å². The van der Waals surface area contributed by atoms with Crippen LogP contribution in [-0.2, 0) is 14.4 Å². The Morgan fingerprint density at radius 2 is 1.74 bits per heavy atom. The second-order valence-corrected chi connectivity index (χ2v) is 5.37. The van der Waals surface area contributed by atoms with E-state index in [9.17, 15) is 19.5 Å². The van der Waals surface area contributed by atoms with Gasteiger partial charge in [0.1, 0.15) is 0 Å². The molecule has 0 aliphatic rings. The van der Waals surface area contributed by atoms with Crippen molar-refractivity contribution >= 4 is 17.8 Å². The average molecular weight is 324 g/mol. The summed E-state index contributed by atoms with van der Waals surface area (Å²) in [7, 11) is 0. The predicted molar refractivity (Wildman–Crippen MR) is 86.0 cm³/mol. The van der Waals surface area contributed by atoms with Crippen molar-refractivity contribution in [2.24, 2.45) is 11.5 Å². The number of carbonyl (C=O) groups is 3. The lowest BCUT2D eigenvalue weighted by Gasteiger charge is -2.22. The molecular formula is C15H24N4O4. The molecule has 128 valence electrons. The average Bonchev–Trinajstić information content (AvgIpc) is 2.40. The third kappa shape index (κ3) is 7.99. The molecule has 0 spiro atoms. The molecule has 0 bridgehead atoms. The van der Waals surface area contributed by atoms with Crippen molar-refractivity contribution in [2.75, 3.05) is 6.54 Å². The first-order valence-corrected chi connectivity index (χ1v) is 7.10. The van der Waals surface area contributed by atoms with Crippen LogP contribution in [0.1, 0.15) is 26.7 Å². The zero-order chi connectivity index (χ0) is 18.0. The minimum absolute atomic E-state index is 0.0598. The van der Waals surface area contributed by atoms with Gasteiger partial charge >= 0.3 is 5.97 Å². The first kappa shape index (κ1) is 20.6. The Balaban J connectivity index is 4.83. The van der Waals surface area contributed by atoms with E-state index in [4.69, 9.17) is 17.9 Å². The van der Waals surface area contributed by atoms with Crippen LogP contribution in [0.2, 0.25) is 0 Å². The number of nitrogens with one attached hydrogen (secondary N) is 2. The molecule has 2 amide bonds. The van der Waals surface area contributed by atoms with Gasteiger partial charge in [-0.3, -0.25) is 9.59 Å². The van der Waals surface area contributed by atoms with E-state index in [1.807, 2.05) is 5.92 Å². The smallest absolute Gasteiger partial charge is 0.346 e. The van der Waals surface area contributed by atoms with E-state index in [-0.39, 0.29) is 31.3 Å². The third-order valence-corrected chi connectivity index (χ3v) is 2.70. The van der Waals surface area contributed by atoms with Crippen LogP contribution in [0.3, 0.4) is 0 Å². The lowest BCUT2D eigenvalue weighted by molar-refractivity contribution is -0.143.